The molecule has 0 unspecified atom stereocenters. The van der Waals surface area contributed by atoms with Crippen molar-refractivity contribution in [3.8, 4) is 6.07 Å². The Morgan fingerprint density at radius 1 is 1.35 bits per heavy atom. The first-order valence-corrected chi connectivity index (χ1v) is 6.12. The second-order valence-electron chi connectivity index (χ2n) is 4.33. The standard InChI is InChI=1S/C14H17N3/c1-3-4-5-9-13-16-14-11(10-15)7-6-8-12(14)17(13)2/h6-8H,3-5,9H2,1-2H3. The van der Waals surface area contributed by atoms with Crippen LogP contribution < -0.4 is 0 Å². The van der Waals surface area contributed by atoms with Gasteiger partial charge in [0.25, 0.3) is 0 Å². The zero-order valence-corrected chi connectivity index (χ0v) is 10.4. The number of fused-ring (bicyclic) bond motifs is 1. The molecule has 1 aromatic heterocycles. The number of rotatable bonds is 4. The first-order valence-electron chi connectivity index (χ1n) is 6.12. The normalized spacial score (nSPS) is 10.6. The zero-order chi connectivity index (χ0) is 12.3. The number of imidazole rings is 1. The molecule has 0 atom stereocenters. The summed E-state index contributed by atoms with van der Waals surface area (Å²) in [4.78, 5) is 4.60. The minimum absolute atomic E-state index is 0.667. The molecular weight excluding hydrogens is 210 g/mol. The maximum atomic E-state index is 9.05. The van der Waals surface area contributed by atoms with Gasteiger partial charge in [0.2, 0.25) is 0 Å². The lowest BCUT2D eigenvalue weighted by molar-refractivity contribution is 0.676. The summed E-state index contributed by atoms with van der Waals surface area (Å²) in [6, 6.07) is 7.96. The van der Waals surface area contributed by atoms with Gasteiger partial charge in [-0.2, -0.15) is 5.26 Å². The summed E-state index contributed by atoms with van der Waals surface area (Å²) in [5, 5.41) is 9.05. The summed E-state index contributed by atoms with van der Waals surface area (Å²) in [6.07, 6.45) is 4.60. The van der Waals surface area contributed by atoms with Gasteiger partial charge in [-0.05, 0) is 18.6 Å². The van der Waals surface area contributed by atoms with Gasteiger partial charge in [0.1, 0.15) is 17.4 Å². The Balaban J connectivity index is 2.39. The molecule has 0 saturated carbocycles. The van der Waals surface area contributed by atoms with Crippen molar-refractivity contribution in [1.29, 1.82) is 5.26 Å². The molecule has 1 heterocycles. The summed E-state index contributed by atoms with van der Waals surface area (Å²) in [7, 11) is 2.03. The fourth-order valence-electron chi connectivity index (χ4n) is 2.11. The van der Waals surface area contributed by atoms with E-state index in [9.17, 15) is 0 Å². The fourth-order valence-corrected chi connectivity index (χ4v) is 2.11. The Morgan fingerprint density at radius 3 is 2.88 bits per heavy atom. The second-order valence-corrected chi connectivity index (χ2v) is 4.33. The smallest absolute Gasteiger partial charge is 0.109 e. The molecule has 0 N–H and O–H groups in total. The van der Waals surface area contributed by atoms with Crippen LogP contribution in [0.15, 0.2) is 18.2 Å². The Kier molecular flexibility index (Phi) is 3.43. The molecule has 2 rings (SSSR count). The molecule has 0 saturated heterocycles. The van der Waals surface area contributed by atoms with Crippen LogP contribution in [0.3, 0.4) is 0 Å². The average Bonchev–Trinajstić information content (AvgIpc) is 2.67. The number of nitrogens with zero attached hydrogens (tertiary/aromatic N) is 3. The predicted octanol–water partition coefficient (Wildman–Crippen LogP) is 3.18. The predicted molar refractivity (Wildman–Crippen MR) is 68.7 cm³/mol. The highest BCUT2D eigenvalue weighted by Gasteiger charge is 2.10. The minimum atomic E-state index is 0.667. The maximum Gasteiger partial charge on any atom is 0.109 e. The van der Waals surface area contributed by atoms with Gasteiger partial charge in [0.05, 0.1) is 11.1 Å². The Morgan fingerprint density at radius 2 is 2.18 bits per heavy atom. The van der Waals surface area contributed by atoms with Crippen LogP contribution in [0.2, 0.25) is 0 Å². The van der Waals surface area contributed by atoms with Crippen LogP contribution in [0, 0.1) is 11.3 Å². The molecule has 0 aliphatic heterocycles. The summed E-state index contributed by atoms with van der Waals surface area (Å²) < 4.78 is 2.10. The lowest BCUT2D eigenvalue weighted by atomic mass is 10.2. The number of hydrogen-bond acceptors (Lipinski definition) is 2. The van der Waals surface area contributed by atoms with Crippen LogP contribution in [0.4, 0.5) is 0 Å². The highest BCUT2D eigenvalue weighted by Crippen LogP contribution is 2.19. The van der Waals surface area contributed by atoms with Gasteiger partial charge in [-0.3, -0.25) is 0 Å². The van der Waals surface area contributed by atoms with Crippen LogP contribution in [0.5, 0.6) is 0 Å². The molecule has 0 bridgehead atoms. The van der Waals surface area contributed by atoms with Crippen molar-refractivity contribution in [3.05, 3.63) is 29.6 Å². The number of unbranched alkanes of at least 4 members (excludes halogenated alkanes) is 2. The summed E-state index contributed by atoms with van der Waals surface area (Å²) in [5.41, 5.74) is 2.55. The van der Waals surface area contributed by atoms with E-state index in [2.05, 4.69) is 22.5 Å². The van der Waals surface area contributed by atoms with Crippen molar-refractivity contribution in [2.45, 2.75) is 32.6 Å². The Hall–Kier alpha value is -1.82. The van der Waals surface area contributed by atoms with Gasteiger partial charge in [-0.15, -0.1) is 0 Å². The van der Waals surface area contributed by atoms with Crippen molar-refractivity contribution in [2.24, 2.45) is 7.05 Å². The number of aryl methyl sites for hydroxylation is 2. The molecule has 2 aromatic rings. The van der Waals surface area contributed by atoms with E-state index in [4.69, 9.17) is 5.26 Å². The van der Waals surface area contributed by atoms with Crippen molar-refractivity contribution >= 4 is 11.0 Å². The summed E-state index contributed by atoms with van der Waals surface area (Å²) >= 11 is 0. The van der Waals surface area contributed by atoms with E-state index in [1.165, 1.54) is 12.8 Å². The monoisotopic (exact) mass is 227 g/mol. The van der Waals surface area contributed by atoms with E-state index in [0.29, 0.717) is 5.56 Å². The molecule has 3 nitrogen and oxygen atoms in total. The van der Waals surface area contributed by atoms with Gasteiger partial charge in [-0.1, -0.05) is 25.8 Å². The molecule has 88 valence electrons. The van der Waals surface area contributed by atoms with E-state index in [1.807, 2.05) is 25.2 Å². The number of benzene rings is 1. The van der Waals surface area contributed by atoms with E-state index < -0.39 is 0 Å². The minimum Gasteiger partial charge on any atom is -0.331 e. The van der Waals surface area contributed by atoms with Crippen LogP contribution in [-0.4, -0.2) is 9.55 Å². The topological polar surface area (TPSA) is 41.6 Å². The SMILES string of the molecule is CCCCCc1nc2c(C#N)cccc2n1C. The number of aromatic nitrogens is 2. The van der Waals surface area contributed by atoms with Crippen LogP contribution in [-0.2, 0) is 13.5 Å². The average molecular weight is 227 g/mol. The van der Waals surface area contributed by atoms with E-state index in [1.54, 1.807) is 0 Å². The lowest BCUT2D eigenvalue weighted by Crippen LogP contribution is -1.97. The Bertz CT molecular complexity index is 561. The number of para-hydroxylation sites is 1. The van der Waals surface area contributed by atoms with Gasteiger partial charge >= 0.3 is 0 Å². The second kappa shape index (κ2) is 5.01. The Labute approximate surface area is 102 Å². The highest BCUT2D eigenvalue weighted by atomic mass is 15.1. The number of hydrogen-bond donors (Lipinski definition) is 0. The van der Waals surface area contributed by atoms with Crippen molar-refractivity contribution in [2.75, 3.05) is 0 Å². The van der Waals surface area contributed by atoms with Crippen molar-refractivity contribution in [3.63, 3.8) is 0 Å². The van der Waals surface area contributed by atoms with E-state index >= 15 is 0 Å². The molecule has 0 radical (unpaired) electrons. The molecule has 0 aliphatic carbocycles. The maximum absolute atomic E-state index is 9.05. The van der Waals surface area contributed by atoms with E-state index in [0.717, 1.165) is 29.7 Å². The van der Waals surface area contributed by atoms with Gasteiger partial charge in [0.15, 0.2) is 0 Å². The van der Waals surface area contributed by atoms with Crippen LogP contribution in [0.1, 0.15) is 37.6 Å². The van der Waals surface area contributed by atoms with Crippen molar-refractivity contribution < 1.29 is 0 Å². The lowest BCUT2D eigenvalue weighted by Gasteiger charge is -2.01. The first-order chi connectivity index (χ1) is 8.27. The molecular formula is C14H17N3. The summed E-state index contributed by atoms with van der Waals surface area (Å²) in [5.74, 6) is 1.08. The third-order valence-corrected chi connectivity index (χ3v) is 3.13. The van der Waals surface area contributed by atoms with Crippen LogP contribution in [0.25, 0.3) is 11.0 Å². The molecule has 17 heavy (non-hydrogen) atoms. The summed E-state index contributed by atoms with van der Waals surface area (Å²) in [6.45, 7) is 2.20. The quantitative estimate of drug-likeness (QED) is 0.753. The molecule has 3 heteroatoms. The molecule has 0 amide bonds. The molecule has 0 spiro atoms. The van der Waals surface area contributed by atoms with Crippen LogP contribution >= 0.6 is 0 Å². The fraction of sp³-hybridized carbons (Fsp3) is 0.429. The van der Waals surface area contributed by atoms with E-state index in [-0.39, 0.29) is 0 Å². The van der Waals surface area contributed by atoms with Gasteiger partial charge in [-0.25, -0.2) is 4.98 Å². The highest BCUT2D eigenvalue weighted by molar-refractivity contribution is 5.82. The number of nitriles is 1. The molecule has 0 fully saturated rings. The third kappa shape index (κ3) is 2.16. The van der Waals surface area contributed by atoms with Gasteiger partial charge < -0.3 is 4.57 Å². The first kappa shape index (κ1) is 11.7. The third-order valence-electron chi connectivity index (χ3n) is 3.13. The largest absolute Gasteiger partial charge is 0.331 e. The molecule has 0 aliphatic rings. The van der Waals surface area contributed by atoms with Crippen molar-refractivity contribution in [1.82, 2.24) is 9.55 Å². The van der Waals surface area contributed by atoms with Gasteiger partial charge in [0, 0.05) is 13.5 Å². The zero-order valence-electron chi connectivity index (χ0n) is 10.4. The molecule has 1 aromatic carbocycles.